The van der Waals surface area contributed by atoms with Gasteiger partial charge in [0, 0.05) is 0 Å². The van der Waals surface area contributed by atoms with E-state index in [0.29, 0.717) is 5.95 Å². The van der Waals surface area contributed by atoms with Crippen LogP contribution in [-0.4, -0.2) is 9.66 Å². The lowest BCUT2D eigenvalue weighted by molar-refractivity contribution is 1.05. The molecule has 13 heavy (non-hydrogen) atoms. The van der Waals surface area contributed by atoms with Crippen LogP contribution >= 0.6 is 0 Å². The summed E-state index contributed by atoms with van der Waals surface area (Å²) >= 11 is 0. The molecule has 68 valence electrons. The van der Waals surface area contributed by atoms with E-state index in [1.54, 1.807) is 0 Å². The first-order chi connectivity index (χ1) is 6.11. The van der Waals surface area contributed by atoms with Gasteiger partial charge in [-0.2, -0.15) is 0 Å². The number of aromatic nitrogens is 2. The average molecular weight is 176 g/mol. The number of anilines is 1. The van der Waals surface area contributed by atoms with Gasteiger partial charge in [0.05, 0.1) is 11.0 Å². The van der Waals surface area contributed by atoms with Gasteiger partial charge in [0.25, 0.3) is 0 Å². The molecule has 0 aliphatic rings. The number of imidazole rings is 1. The van der Waals surface area contributed by atoms with Crippen LogP contribution in [0.4, 0.5) is 5.95 Å². The molecule has 0 aliphatic heterocycles. The molecule has 0 bridgehead atoms. The standard InChI is InChI=1S/C9H12N4/c1-5-3-4-7-8(6(5)2)13(11)9(10)12-7/h3-4H,11H2,1-2H3,(H2,10,12). The van der Waals surface area contributed by atoms with Crippen molar-refractivity contribution in [2.45, 2.75) is 13.8 Å². The van der Waals surface area contributed by atoms with Crippen molar-refractivity contribution in [2.75, 3.05) is 11.6 Å². The minimum absolute atomic E-state index is 0.351. The summed E-state index contributed by atoms with van der Waals surface area (Å²) in [5, 5.41) is 0. The van der Waals surface area contributed by atoms with Crippen LogP contribution in [0, 0.1) is 13.8 Å². The zero-order valence-electron chi connectivity index (χ0n) is 7.70. The van der Waals surface area contributed by atoms with Crippen molar-refractivity contribution >= 4 is 17.0 Å². The van der Waals surface area contributed by atoms with Crippen LogP contribution in [0.5, 0.6) is 0 Å². The Hall–Kier alpha value is -1.71. The Bertz CT molecular complexity index is 470. The van der Waals surface area contributed by atoms with Crippen molar-refractivity contribution in [1.29, 1.82) is 0 Å². The highest BCUT2D eigenvalue weighted by Gasteiger charge is 2.08. The minimum Gasteiger partial charge on any atom is -0.368 e. The predicted octanol–water partition coefficient (Wildman–Crippen LogP) is 0.949. The Morgan fingerprint density at radius 2 is 2.00 bits per heavy atom. The van der Waals surface area contributed by atoms with E-state index in [2.05, 4.69) is 4.98 Å². The van der Waals surface area contributed by atoms with E-state index in [1.807, 2.05) is 26.0 Å². The number of nitrogens with two attached hydrogens (primary N) is 2. The Morgan fingerprint density at radius 3 is 2.69 bits per heavy atom. The van der Waals surface area contributed by atoms with Gasteiger partial charge in [0.1, 0.15) is 0 Å². The van der Waals surface area contributed by atoms with Gasteiger partial charge >= 0.3 is 0 Å². The van der Waals surface area contributed by atoms with Crippen LogP contribution in [0.15, 0.2) is 12.1 Å². The molecule has 1 aromatic heterocycles. The summed E-state index contributed by atoms with van der Waals surface area (Å²) in [5.74, 6) is 6.09. The number of aryl methyl sites for hydroxylation is 2. The maximum atomic E-state index is 5.74. The molecular weight excluding hydrogens is 164 g/mol. The van der Waals surface area contributed by atoms with Gasteiger partial charge in [0.2, 0.25) is 5.95 Å². The molecular formula is C9H12N4. The Kier molecular flexibility index (Phi) is 1.45. The van der Waals surface area contributed by atoms with Crippen LogP contribution in [0.3, 0.4) is 0 Å². The summed E-state index contributed by atoms with van der Waals surface area (Å²) < 4.78 is 1.43. The van der Waals surface area contributed by atoms with Gasteiger partial charge in [-0.25, -0.2) is 9.66 Å². The first-order valence-corrected chi connectivity index (χ1v) is 4.10. The lowest BCUT2D eigenvalue weighted by atomic mass is 10.1. The van der Waals surface area contributed by atoms with Gasteiger partial charge in [-0.1, -0.05) is 6.07 Å². The smallest absolute Gasteiger partial charge is 0.220 e. The first-order valence-electron chi connectivity index (χ1n) is 4.10. The third-order valence-corrected chi connectivity index (χ3v) is 2.40. The molecule has 0 saturated carbocycles. The number of nitrogen functional groups attached to an aromatic ring is 2. The molecule has 0 aliphatic carbocycles. The molecule has 2 aromatic rings. The largest absolute Gasteiger partial charge is 0.368 e. The van der Waals surface area contributed by atoms with E-state index >= 15 is 0 Å². The van der Waals surface area contributed by atoms with Crippen molar-refractivity contribution in [3.63, 3.8) is 0 Å². The van der Waals surface area contributed by atoms with E-state index in [9.17, 15) is 0 Å². The first kappa shape index (κ1) is 7.91. The van der Waals surface area contributed by atoms with E-state index in [4.69, 9.17) is 11.6 Å². The highest BCUT2D eigenvalue weighted by Crippen LogP contribution is 2.21. The fraction of sp³-hybridized carbons (Fsp3) is 0.222. The van der Waals surface area contributed by atoms with Crippen molar-refractivity contribution in [3.05, 3.63) is 23.3 Å². The molecule has 0 unspecified atom stereocenters. The van der Waals surface area contributed by atoms with Crippen molar-refractivity contribution in [1.82, 2.24) is 9.66 Å². The third-order valence-electron chi connectivity index (χ3n) is 2.40. The second kappa shape index (κ2) is 2.39. The van der Waals surface area contributed by atoms with Crippen LogP contribution in [0.2, 0.25) is 0 Å². The van der Waals surface area contributed by atoms with E-state index < -0.39 is 0 Å². The maximum absolute atomic E-state index is 5.74. The molecule has 2 rings (SSSR count). The van der Waals surface area contributed by atoms with E-state index in [1.165, 1.54) is 10.2 Å². The molecule has 0 amide bonds. The molecule has 0 atom stereocenters. The summed E-state index contributed by atoms with van der Waals surface area (Å²) in [4.78, 5) is 4.13. The molecule has 4 nitrogen and oxygen atoms in total. The summed E-state index contributed by atoms with van der Waals surface area (Å²) in [7, 11) is 0. The van der Waals surface area contributed by atoms with Crippen molar-refractivity contribution in [2.24, 2.45) is 0 Å². The highest BCUT2D eigenvalue weighted by molar-refractivity contribution is 5.82. The van der Waals surface area contributed by atoms with Gasteiger partial charge in [-0.3, -0.25) is 0 Å². The SMILES string of the molecule is Cc1ccc2nc(N)n(N)c2c1C. The molecule has 1 aromatic carbocycles. The van der Waals surface area contributed by atoms with Gasteiger partial charge in [-0.05, 0) is 31.0 Å². The predicted molar refractivity (Wildman–Crippen MR) is 53.8 cm³/mol. The minimum atomic E-state index is 0.351. The lowest BCUT2D eigenvalue weighted by Crippen LogP contribution is -2.12. The summed E-state index contributed by atoms with van der Waals surface area (Å²) in [6.45, 7) is 4.06. The second-order valence-corrected chi connectivity index (χ2v) is 3.22. The monoisotopic (exact) mass is 176 g/mol. The topological polar surface area (TPSA) is 69.9 Å². The number of fused-ring (bicyclic) bond motifs is 1. The van der Waals surface area contributed by atoms with Crippen LogP contribution in [0.25, 0.3) is 11.0 Å². The molecule has 4 N–H and O–H groups in total. The van der Waals surface area contributed by atoms with E-state index in [0.717, 1.165) is 16.6 Å². The molecule has 1 heterocycles. The second-order valence-electron chi connectivity index (χ2n) is 3.22. The molecule has 0 radical (unpaired) electrons. The average Bonchev–Trinajstić information content (AvgIpc) is 2.37. The van der Waals surface area contributed by atoms with Crippen molar-refractivity contribution < 1.29 is 0 Å². The molecule has 0 fully saturated rings. The maximum Gasteiger partial charge on any atom is 0.220 e. The number of hydrogen-bond donors (Lipinski definition) is 2. The lowest BCUT2D eigenvalue weighted by Gasteiger charge is -2.02. The van der Waals surface area contributed by atoms with Crippen LogP contribution < -0.4 is 11.6 Å². The Morgan fingerprint density at radius 1 is 1.31 bits per heavy atom. The fourth-order valence-electron chi connectivity index (χ4n) is 1.47. The quantitative estimate of drug-likeness (QED) is 0.587. The van der Waals surface area contributed by atoms with Gasteiger partial charge in [-0.15, -0.1) is 0 Å². The summed E-state index contributed by atoms with van der Waals surface area (Å²) in [6, 6.07) is 3.95. The molecule has 0 spiro atoms. The molecule has 0 saturated heterocycles. The summed E-state index contributed by atoms with van der Waals surface area (Å²) in [6.07, 6.45) is 0. The number of hydrogen-bond acceptors (Lipinski definition) is 3. The van der Waals surface area contributed by atoms with Gasteiger partial charge < -0.3 is 11.6 Å². The van der Waals surface area contributed by atoms with E-state index in [-0.39, 0.29) is 0 Å². The Labute approximate surface area is 76.1 Å². The number of benzene rings is 1. The highest BCUT2D eigenvalue weighted by atomic mass is 15.4. The normalized spacial score (nSPS) is 10.9. The summed E-state index contributed by atoms with van der Waals surface area (Å²) in [5.41, 5.74) is 9.69. The third kappa shape index (κ3) is 0.950. The van der Waals surface area contributed by atoms with Crippen LogP contribution in [0.1, 0.15) is 11.1 Å². The number of nitrogens with zero attached hydrogens (tertiary/aromatic N) is 2. The zero-order valence-corrected chi connectivity index (χ0v) is 7.70. The van der Waals surface area contributed by atoms with Crippen LogP contribution in [-0.2, 0) is 0 Å². The fourth-order valence-corrected chi connectivity index (χ4v) is 1.47. The molecule has 4 heteroatoms. The Balaban J connectivity index is 2.97. The number of rotatable bonds is 0. The zero-order chi connectivity index (χ0) is 9.59. The van der Waals surface area contributed by atoms with Crippen molar-refractivity contribution in [3.8, 4) is 0 Å². The van der Waals surface area contributed by atoms with Gasteiger partial charge in [0.15, 0.2) is 0 Å².